The van der Waals surface area contributed by atoms with Crippen LogP contribution in [0.1, 0.15) is 41.1 Å². The van der Waals surface area contributed by atoms with Crippen molar-refractivity contribution in [1.29, 1.82) is 0 Å². The van der Waals surface area contributed by atoms with E-state index in [0.29, 0.717) is 22.9 Å². The second-order valence-electron chi connectivity index (χ2n) is 14.5. The Balaban J connectivity index is 1.30. The highest BCUT2D eigenvalue weighted by atomic mass is 35.5. The maximum Gasteiger partial charge on any atom is 0.433 e. The third kappa shape index (κ3) is 5.44. The van der Waals surface area contributed by atoms with Crippen molar-refractivity contribution in [3.8, 4) is 11.5 Å². The van der Waals surface area contributed by atoms with E-state index in [1.165, 1.54) is 20.2 Å². The number of amides is 4. The largest absolute Gasteiger partial charge is 0.508 e. The Morgan fingerprint density at radius 2 is 1.64 bits per heavy atom. The number of anilines is 2. The fourth-order valence-corrected chi connectivity index (χ4v) is 9.48. The minimum Gasteiger partial charge on any atom is -0.508 e. The molecule has 15 heteroatoms. The summed E-state index contributed by atoms with van der Waals surface area (Å²) in [7, 11) is 2.66. The number of benzene rings is 3. The molecule has 0 bridgehead atoms. The zero-order valence-corrected chi connectivity index (χ0v) is 31.0. The highest BCUT2D eigenvalue weighted by Gasteiger charge is 2.71. The highest BCUT2D eigenvalue weighted by Crippen LogP contribution is 2.66. The lowest BCUT2D eigenvalue weighted by Crippen LogP contribution is -2.53. The molecule has 0 spiro atoms. The Labute approximate surface area is 324 Å². The Hall–Kier alpha value is -5.89. The number of methoxy groups -OCH3 is 1. The van der Waals surface area contributed by atoms with Crippen LogP contribution in [0.4, 0.5) is 24.7 Å². The van der Waals surface area contributed by atoms with Crippen molar-refractivity contribution in [3.05, 3.63) is 124 Å². The van der Waals surface area contributed by atoms with Gasteiger partial charge in [0.1, 0.15) is 17.2 Å². The summed E-state index contributed by atoms with van der Waals surface area (Å²) in [6.45, 7) is 1.90. The molecule has 8 rings (SSSR count). The minimum absolute atomic E-state index is 0.0184. The normalized spacial score (nSPS) is 25.8. The second kappa shape index (κ2) is 13.4. The Morgan fingerprint density at radius 3 is 2.32 bits per heavy atom. The van der Waals surface area contributed by atoms with E-state index in [9.17, 15) is 32.7 Å². The number of aromatic hydroxyl groups is 1. The van der Waals surface area contributed by atoms with Gasteiger partial charge in [-0.15, -0.1) is 0 Å². The van der Waals surface area contributed by atoms with Gasteiger partial charge in [0.15, 0.2) is 5.82 Å². The third-order valence-corrected chi connectivity index (χ3v) is 11.9. The maximum absolute atomic E-state index is 15.3. The van der Waals surface area contributed by atoms with Crippen molar-refractivity contribution in [3.63, 3.8) is 0 Å². The van der Waals surface area contributed by atoms with Crippen molar-refractivity contribution >= 4 is 46.7 Å². The molecule has 4 amide bonds. The van der Waals surface area contributed by atoms with Crippen LogP contribution in [0, 0.1) is 30.6 Å². The van der Waals surface area contributed by atoms with Gasteiger partial charge >= 0.3 is 6.18 Å². The van der Waals surface area contributed by atoms with Crippen LogP contribution < -0.4 is 15.2 Å². The zero-order chi connectivity index (χ0) is 39.8. The summed E-state index contributed by atoms with van der Waals surface area (Å²) in [5, 5.41) is 14.2. The van der Waals surface area contributed by atoms with E-state index in [-0.39, 0.29) is 34.9 Å². The van der Waals surface area contributed by atoms with E-state index in [0.717, 1.165) is 26.7 Å². The first-order valence-corrected chi connectivity index (χ1v) is 18.3. The van der Waals surface area contributed by atoms with Gasteiger partial charge in [0.05, 0.1) is 41.0 Å². The number of hydrogen-bond donors (Lipinski definition) is 2. The lowest BCUT2D eigenvalue weighted by molar-refractivity contribution is -0.142. The molecule has 2 aliphatic heterocycles. The summed E-state index contributed by atoms with van der Waals surface area (Å²) in [4.78, 5) is 62.7. The summed E-state index contributed by atoms with van der Waals surface area (Å²) in [5.74, 6) is -8.10. The van der Waals surface area contributed by atoms with Crippen LogP contribution in [0.5, 0.6) is 11.5 Å². The number of nitrogens with one attached hydrogen (secondary N) is 1. The maximum atomic E-state index is 15.3. The van der Waals surface area contributed by atoms with Crippen molar-refractivity contribution < 1.29 is 42.2 Å². The molecule has 6 unspecified atom stereocenters. The molecule has 3 fully saturated rings. The van der Waals surface area contributed by atoms with E-state index in [4.69, 9.17) is 16.3 Å². The number of pyridine rings is 1. The van der Waals surface area contributed by atoms with E-state index in [1.807, 2.05) is 19.1 Å². The standard InChI is InChI=1S/C41H35ClF3N5O6/c1-21-12-14-23(15-13-21)47-49-37(53)27-20-26-24(34(33-29(51)10-7-11-30(33)56-3)40(27,39(49)55)22-8-5-4-6-9-22)16-17-25-32(26)38(54)50(36(25)52)48(2)35-28(42)18-19-31(46-35)41(43,44)45/h4-16,18-19,25-27,32,34,47,51H,17,20H2,1-3H3. The predicted molar refractivity (Wildman–Crippen MR) is 198 cm³/mol. The molecule has 1 saturated carbocycles. The molecule has 288 valence electrons. The number of fused-ring (bicyclic) bond motifs is 4. The van der Waals surface area contributed by atoms with Gasteiger partial charge in [-0.3, -0.25) is 29.6 Å². The number of imide groups is 2. The molecular weight excluding hydrogens is 751 g/mol. The number of hydrazine groups is 2. The van der Waals surface area contributed by atoms with E-state index in [2.05, 4.69) is 10.4 Å². The summed E-state index contributed by atoms with van der Waals surface area (Å²) >= 11 is 6.31. The first-order chi connectivity index (χ1) is 26.7. The lowest BCUT2D eigenvalue weighted by Gasteiger charge is -2.50. The van der Waals surface area contributed by atoms with Gasteiger partial charge in [-0.25, -0.2) is 4.98 Å². The van der Waals surface area contributed by atoms with Crippen molar-refractivity contribution in [2.45, 2.75) is 37.3 Å². The fraction of sp³-hybridized carbons (Fsp3) is 0.293. The van der Waals surface area contributed by atoms with Crippen LogP contribution in [0.15, 0.2) is 96.6 Å². The first-order valence-electron chi connectivity index (χ1n) is 17.9. The number of rotatable bonds is 7. The minimum atomic E-state index is -4.83. The molecule has 1 aromatic heterocycles. The van der Waals surface area contributed by atoms with Crippen LogP contribution in [-0.4, -0.2) is 57.9 Å². The lowest BCUT2D eigenvalue weighted by atomic mass is 9.49. The van der Waals surface area contributed by atoms with Gasteiger partial charge in [0, 0.05) is 18.5 Å². The summed E-state index contributed by atoms with van der Waals surface area (Å²) < 4.78 is 46.9. The average molecular weight is 786 g/mol. The van der Waals surface area contributed by atoms with Crippen LogP contribution in [0.25, 0.3) is 0 Å². The van der Waals surface area contributed by atoms with Crippen LogP contribution in [0.3, 0.4) is 0 Å². The number of halogens is 4. The summed E-state index contributed by atoms with van der Waals surface area (Å²) in [6, 6.07) is 22.3. The van der Waals surface area contributed by atoms with Gasteiger partial charge in [-0.1, -0.05) is 77.3 Å². The van der Waals surface area contributed by atoms with E-state index in [1.54, 1.807) is 60.7 Å². The van der Waals surface area contributed by atoms with Crippen LogP contribution >= 0.6 is 11.6 Å². The zero-order valence-electron chi connectivity index (χ0n) is 30.3. The Morgan fingerprint density at radius 1 is 0.929 bits per heavy atom. The fourth-order valence-electron chi connectivity index (χ4n) is 9.25. The van der Waals surface area contributed by atoms with Crippen molar-refractivity contribution in [2.75, 3.05) is 24.6 Å². The van der Waals surface area contributed by atoms with E-state index >= 15 is 4.79 Å². The Bertz CT molecular complexity index is 2320. The molecule has 2 N–H and O–H groups in total. The molecule has 3 heterocycles. The van der Waals surface area contributed by atoms with Gasteiger partial charge in [0.25, 0.3) is 23.6 Å². The van der Waals surface area contributed by atoms with Gasteiger partial charge < -0.3 is 9.84 Å². The molecule has 0 radical (unpaired) electrons. The SMILES string of the molecule is COc1cccc(O)c1C1C2=CCC3C(=O)N(N(C)c4nc(C(F)(F)F)ccc4Cl)C(=O)C3C2CC2C(=O)N(Nc3ccc(C)cc3)C(=O)C21c1ccccc1. The van der Waals surface area contributed by atoms with Crippen molar-refractivity contribution in [1.82, 2.24) is 15.0 Å². The number of alkyl halides is 3. The van der Waals surface area contributed by atoms with Gasteiger partial charge in [-0.2, -0.15) is 23.2 Å². The molecule has 4 aromatic rings. The highest BCUT2D eigenvalue weighted by molar-refractivity contribution is 6.33. The molecule has 56 heavy (non-hydrogen) atoms. The number of carbonyl (C=O) groups excluding carboxylic acids is 4. The Kier molecular flexibility index (Phi) is 8.87. The number of aromatic nitrogens is 1. The number of hydrogen-bond acceptors (Lipinski definition) is 9. The number of carbonyl (C=O) groups is 4. The van der Waals surface area contributed by atoms with Crippen LogP contribution in [-0.2, 0) is 30.8 Å². The summed E-state index contributed by atoms with van der Waals surface area (Å²) in [6.07, 6.45) is -3.07. The molecule has 3 aromatic carbocycles. The monoisotopic (exact) mass is 785 g/mol. The van der Waals surface area contributed by atoms with E-state index < -0.39 is 76.3 Å². The number of aryl methyl sites for hydroxylation is 1. The second-order valence-corrected chi connectivity index (χ2v) is 14.9. The number of phenolic OH excluding ortho intramolecular Hbond substituents is 1. The molecular formula is C41H35ClF3N5O6. The summed E-state index contributed by atoms with van der Waals surface area (Å²) in [5.41, 5.74) is 2.79. The number of nitrogens with zero attached hydrogens (tertiary/aromatic N) is 4. The van der Waals surface area contributed by atoms with Crippen LogP contribution in [0.2, 0.25) is 5.02 Å². The average Bonchev–Trinajstić information content (AvgIpc) is 3.56. The first kappa shape index (κ1) is 37.1. The molecule has 2 saturated heterocycles. The van der Waals surface area contributed by atoms with Gasteiger partial charge in [-0.05, 0) is 67.6 Å². The molecule has 6 atom stereocenters. The smallest absolute Gasteiger partial charge is 0.433 e. The number of ether oxygens (including phenoxy) is 1. The topological polar surface area (TPSA) is 132 Å². The molecule has 11 nitrogen and oxygen atoms in total. The third-order valence-electron chi connectivity index (χ3n) is 11.6. The molecule has 4 aliphatic rings. The van der Waals surface area contributed by atoms with Crippen molar-refractivity contribution in [2.24, 2.45) is 23.7 Å². The predicted octanol–water partition coefficient (Wildman–Crippen LogP) is 6.81. The number of phenols is 1. The van der Waals surface area contributed by atoms with Gasteiger partial charge in [0.2, 0.25) is 0 Å². The molecule has 2 aliphatic carbocycles. The number of allylic oxidation sites excluding steroid dienone is 2. The quantitative estimate of drug-likeness (QED) is 0.153.